The molecule has 1 aromatic carbocycles. The summed E-state index contributed by atoms with van der Waals surface area (Å²) >= 11 is 0. The number of hydrogen-bond acceptors (Lipinski definition) is 5. The number of benzene rings is 1. The Hall–Kier alpha value is -2.85. The average molecular weight is 510 g/mol. The SMILES string of the molecule is CN(C)CCC1=C(C(=O)O)C(c2ccc(C(F)(F)F)cc2)C(C(=O)O)=C(CCN2CCCCC2)N1C. The van der Waals surface area contributed by atoms with Gasteiger partial charge in [0, 0.05) is 44.4 Å². The second-order valence-electron chi connectivity index (χ2n) is 9.65. The number of rotatable bonds is 9. The summed E-state index contributed by atoms with van der Waals surface area (Å²) in [5, 5.41) is 20.5. The fraction of sp³-hybridized carbons (Fsp3) is 0.538. The van der Waals surface area contributed by atoms with E-state index in [0.717, 1.165) is 44.5 Å². The van der Waals surface area contributed by atoms with Gasteiger partial charge in [0.2, 0.25) is 0 Å². The van der Waals surface area contributed by atoms with Crippen molar-refractivity contribution in [1.29, 1.82) is 0 Å². The molecule has 1 fully saturated rings. The molecule has 2 heterocycles. The minimum atomic E-state index is -4.56. The van der Waals surface area contributed by atoms with Gasteiger partial charge in [0.15, 0.2) is 0 Å². The van der Waals surface area contributed by atoms with Gasteiger partial charge < -0.3 is 24.9 Å². The lowest BCUT2D eigenvalue weighted by Crippen LogP contribution is -2.37. The first-order valence-electron chi connectivity index (χ1n) is 12.1. The van der Waals surface area contributed by atoms with Crippen molar-refractivity contribution in [2.75, 3.05) is 47.3 Å². The molecule has 1 saturated heterocycles. The van der Waals surface area contributed by atoms with Gasteiger partial charge in [-0.15, -0.1) is 0 Å². The summed E-state index contributed by atoms with van der Waals surface area (Å²) in [6, 6.07) is 4.13. The molecule has 0 aromatic heterocycles. The minimum absolute atomic E-state index is 0.0970. The number of alkyl halides is 3. The van der Waals surface area contributed by atoms with E-state index in [0.29, 0.717) is 37.3 Å². The molecule has 3 rings (SSSR count). The van der Waals surface area contributed by atoms with Crippen LogP contribution in [0.25, 0.3) is 0 Å². The Bertz CT molecular complexity index is 1030. The van der Waals surface area contributed by atoms with Crippen LogP contribution in [0.2, 0.25) is 0 Å². The summed E-state index contributed by atoms with van der Waals surface area (Å²) in [5.41, 5.74) is 0.0951. The number of halogens is 3. The zero-order chi connectivity index (χ0) is 26.6. The molecule has 0 aliphatic carbocycles. The Morgan fingerprint density at radius 1 is 0.944 bits per heavy atom. The van der Waals surface area contributed by atoms with Crippen molar-refractivity contribution in [3.63, 3.8) is 0 Å². The number of hydrogen-bond donors (Lipinski definition) is 2. The smallest absolute Gasteiger partial charge is 0.416 e. The topological polar surface area (TPSA) is 84.3 Å². The quantitative estimate of drug-likeness (QED) is 0.515. The molecule has 0 spiro atoms. The van der Waals surface area contributed by atoms with Crippen molar-refractivity contribution in [1.82, 2.24) is 14.7 Å². The number of piperidine rings is 1. The van der Waals surface area contributed by atoms with Crippen molar-refractivity contribution in [3.05, 3.63) is 57.9 Å². The maximum atomic E-state index is 13.2. The van der Waals surface area contributed by atoms with Crippen LogP contribution in [0.5, 0.6) is 0 Å². The first kappa shape index (κ1) is 27.7. The summed E-state index contributed by atoms with van der Waals surface area (Å²) < 4.78 is 39.5. The van der Waals surface area contributed by atoms with E-state index in [1.807, 2.05) is 19.0 Å². The Labute approximate surface area is 209 Å². The fourth-order valence-corrected chi connectivity index (χ4v) is 5.07. The van der Waals surface area contributed by atoms with E-state index < -0.39 is 29.6 Å². The molecular formula is C26H34F3N3O4. The van der Waals surface area contributed by atoms with Gasteiger partial charge in [0.05, 0.1) is 22.6 Å². The van der Waals surface area contributed by atoms with Crippen LogP contribution in [-0.2, 0) is 15.8 Å². The highest BCUT2D eigenvalue weighted by Gasteiger charge is 2.41. The van der Waals surface area contributed by atoms with Crippen LogP contribution in [0, 0.1) is 0 Å². The van der Waals surface area contributed by atoms with E-state index in [1.54, 1.807) is 11.9 Å². The van der Waals surface area contributed by atoms with Gasteiger partial charge in [-0.1, -0.05) is 18.6 Å². The van der Waals surface area contributed by atoms with Crippen LogP contribution in [0.3, 0.4) is 0 Å². The van der Waals surface area contributed by atoms with E-state index in [9.17, 15) is 33.0 Å². The molecule has 2 aliphatic rings. The van der Waals surface area contributed by atoms with Crippen molar-refractivity contribution in [3.8, 4) is 0 Å². The number of likely N-dealkylation sites (tertiary alicyclic amines) is 1. The summed E-state index contributed by atoms with van der Waals surface area (Å²) in [6.45, 7) is 2.99. The maximum absolute atomic E-state index is 13.2. The van der Waals surface area contributed by atoms with Crippen LogP contribution in [0.4, 0.5) is 13.2 Å². The van der Waals surface area contributed by atoms with E-state index in [1.165, 1.54) is 12.1 Å². The van der Waals surface area contributed by atoms with Gasteiger partial charge in [0.25, 0.3) is 0 Å². The van der Waals surface area contributed by atoms with Crippen molar-refractivity contribution in [2.24, 2.45) is 0 Å². The van der Waals surface area contributed by atoms with E-state index in [-0.39, 0.29) is 16.7 Å². The molecule has 0 amide bonds. The molecule has 1 aromatic rings. The highest BCUT2D eigenvalue weighted by Crippen LogP contribution is 2.44. The van der Waals surface area contributed by atoms with Crippen molar-refractivity contribution >= 4 is 11.9 Å². The molecule has 2 N–H and O–H groups in total. The first-order valence-corrected chi connectivity index (χ1v) is 12.1. The van der Waals surface area contributed by atoms with Crippen molar-refractivity contribution < 1.29 is 33.0 Å². The number of carbonyl (C=O) groups is 2. The maximum Gasteiger partial charge on any atom is 0.416 e. The van der Waals surface area contributed by atoms with Gasteiger partial charge in [-0.3, -0.25) is 0 Å². The summed E-state index contributed by atoms with van der Waals surface area (Å²) in [7, 11) is 5.39. The highest BCUT2D eigenvalue weighted by molar-refractivity contribution is 5.98. The highest BCUT2D eigenvalue weighted by atomic mass is 19.4. The van der Waals surface area contributed by atoms with Crippen LogP contribution in [0.15, 0.2) is 46.8 Å². The Morgan fingerprint density at radius 2 is 1.47 bits per heavy atom. The predicted molar refractivity (Wildman–Crippen MR) is 129 cm³/mol. The Morgan fingerprint density at radius 3 is 1.94 bits per heavy atom. The number of nitrogens with zero attached hydrogens (tertiary/aromatic N) is 3. The fourth-order valence-electron chi connectivity index (χ4n) is 5.07. The van der Waals surface area contributed by atoms with E-state index in [4.69, 9.17) is 0 Å². The van der Waals surface area contributed by atoms with E-state index in [2.05, 4.69) is 4.90 Å². The number of aliphatic carboxylic acids is 2. The largest absolute Gasteiger partial charge is 0.478 e. The lowest BCUT2D eigenvalue weighted by molar-refractivity contribution is -0.138. The second kappa shape index (κ2) is 11.5. The van der Waals surface area contributed by atoms with Gasteiger partial charge in [-0.05, 0) is 57.7 Å². The molecule has 0 radical (unpaired) electrons. The van der Waals surface area contributed by atoms with Gasteiger partial charge in [-0.2, -0.15) is 13.2 Å². The molecule has 0 bridgehead atoms. The van der Waals surface area contributed by atoms with Crippen molar-refractivity contribution in [2.45, 2.75) is 44.2 Å². The molecule has 1 unspecified atom stereocenters. The third kappa shape index (κ3) is 6.28. The van der Waals surface area contributed by atoms with Crippen LogP contribution in [-0.4, -0.2) is 84.2 Å². The first-order chi connectivity index (χ1) is 16.9. The standard InChI is InChI=1S/C26H34F3N3O4/c1-30(2)15-11-19-22(24(33)34)21(17-7-9-18(10-8-17)26(27,28)29)23(25(35)36)20(31(19)3)12-16-32-13-5-4-6-14-32/h7-10,21H,4-6,11-16H2,1-3H3,(H,33,34)(H,35,36). The third-order valence-electron chi connectivity index (χ3n) is 6.95. The lowest BCUT2D eigenvalue weighted by Gasteiger charge is -2.38. The number of carboxylic acids is 2. The average Bonchev–Trinajstić information content (AvgIpc) is 2.81. The minimum Gasteiger partial charge on any atom is -0.478 e. The van der Waals surface area contributed by atoms with Gasteiger partial charge >= 0.3 is 18.1 Å². The second-order valence-corrected chi connectivity index (χ2v) is 9.65. The summed E-state index contributed by atoms with van der Waals surface area (Å²) in [4.78, 5) is 31.0. The monoisotopic (exact) mass is 509 g/mol. The summed E-state index contributed by atoms with van der Waals surface area (Å²) in [6.07, 6.45) is -0.498. The zero-order valence-corrected chi connectivity index (χ0v) is 20.9. The van der Waals surface area contributed by atoms with Crippen LogP contribution >= 0.6 is 0 Å². The van der Waals surface area contributed by atoms with Crippen LogP contribution in [0.1, 0.15) is 49.1 Å². The Balaban J connectivity index is 2.14. The zero-order valence-electron chi connectivity index (χ0n) is 20.9. The molecule has 1 atom stereocenters. The summed E-state index contributed by atoms with van der Waals surface area (Å²) in [5.74, 6) is -3.74. The molecule has 2 aliphatic heterocycles. The molecule has 7 nitrogen and oxygen atoms in total. The van der Waals surface area contributed by atoms with Gasteiger partial charge in [0.1, 0.15) is 0 Å². The predicted octanol–water partition coefficient (Wildman–Crippen LogP) is 4.24. The lowest BCUT2D eigenvalue weighted by atomic mass is 9.78. The van der Waals surface area contributed by atoms with Gasteiger partial charge in [-0.25, -0.2) is 9.59 Å². The molecule has 36 heavy (non-hydrogen) atoms. The third-order valence-corrected chi connectivity index (χ3v) is 6.95. The molecule has 198 valence electrons. The molecular weight excluding hydrogens is 475 g/mol. The van der Waals surface area contributed by atoms with Crippen LogP contribution < -0.4 is 0 Å². The van der Waals surface area contributed by atoms with E-state index >= 15 is 0 Å². The molecule has 10 heteroatoms. The number of carboxylic acid groups (broad SMARTS) is 2. The normalized spacial score (nSPS) is 19.9. The Kier molecular flexibility index (Phi) is 8.84. The molecule has 0 saturated carbocycles.